The highest BCUT2D eigenvalue weighted by molar-refractivity contribution is 6.33. The molecule has 72 valence electrons. The molecule has 5 nitrogen and oxygen atoms in total. The molecule has 0 heterocycles. The summed E-state index contributed by atoms with van der Waals surface area (Å²) in [6.07, 6.45) is 0. The summed E-state index contributed by atoms with van der Waals surface area (Å²) in [5.41, 5.74) is 2.54. The van der Waals surface area contributed by atoms with Crippen LogP contribution >= 0.6 is 24.0 Å². The van der Waals surface area contributed by atoms with Gasteiger partial charge in [0.2, 0.25) is 0 Å². The number of hydrogen-bond acceptors (Lipinski definition) is 4. The van der Waals surface area contributed by atoms with E-state index in [1.807, 2.05) is 0 Å². The molecule has 0 aliphatic rings. The smallest absolute Gasteiger partial charge is 0.271 e. The average Bonchev–Trinajstić information content (AvgIpc) is 2.05. The molecule has 0 aliphatic heterocycles. The number of nitro benzene ring substituents is 1. The fourth-order valence-electron chi connectivity index (χ4n) is 0.737. The number of nitrogens with zero attached hydrogens (tertiary/aromatic N) is 1. The molecule has 1 aromatic carbocycles. The van der Waals surface area contributed by atoms with Crippen molar-refractivity contribution in [3.8, 4) is 0 Å². The number of rotatable bonds is 2. The minimum Gasteiger partial charge on any atom is -0.322 e. The Morgan fingerprint density at radius 2 is 2.15 bits per heavy atom. The van der Waals surface area contributed by atoms with Gasteiger partial charge in [-0.15, -0.1) is 12.4 Å². The molecule has 0 saturated carbocycles. The summed E-state index contributed by atoms with van der Waals surface area (Å²) in [6, 6.07) is 3.99. The number of non-ortho nitro benzene ring substituents is 1. The Morgan fingerprint density at radius 3 is 2.62 bits per heavy atom. The van der Waals surface area contributed by atoms with Gasteiger partial charge < -0.3 is 5.43 Å². The molecule has 13 heavy (non-hydrogen) atoms. The van der Waals surface area contributed by atoms with Crippen molar-refractivity contribution in [2.24, 2.45) is 5.84 Å². The van der Waals surface area contributed by atoms with Gasteiger partial charge in [-0.1, -0.05) is 11.6 Å². The van der Waals surface area contributed by atoms with Crippen molar-refractivity contribution in [2.75, 3.05) is 5.43 Å². The van der Waals surface area contributed by atoms with Crippen LogP contribution in [0, 0.1) is 10.1 Å². The van der Waals surface area contributed by atoms with Gasteiger partial charge >= 0.3 is 0 Å². The lowest BCUT2D eigenvalue weighted by Crippen LogP contribution is -2.07. The van der Waals surface area contributed by atoms with Crippen LogP contribution in [0.2, 0.25) is 5.02 Å². The third-order valence-corrected chi connectivity index (χ3v) is 1.65. The summed E-state index contributed by atoms with van der Waals surface area (Å²) < 4.78 is 0. The predicted molar refractivity (Wildman–Crippen MR) is 53.2 cm³/mol. The summed E-state index contributed by atoms with van der Waals surface area (Å²) in [4.78, 5) is 9.76. The molecule has 0 amide bonds. The molecule has 3 N–H and O–H groups in total. The van der Waals surface area contributed by atoms with Gasteiger partial charge in [0.15, 0.2) is 0 Å². The Balaban J connectivity index is 0.00000144. The van der Waals surface area contributed by atoms with Crippen LogP contribution in [-0.4, -0.2) is 4.92 Å². The zero-order chi connectivity index (χ0) is 9.14. The first-order valence-electron chi connectivity index (χ1n) is 3.05. The van der Waals surface area contributed by atoms with E-state index in [-0.39, 0.29) is 18.1 Å². The van der Waals surface area contributed by atoms with Crippen LogP contribution in [0.1, 0.15) is 0 Å². The third kappa shape index (κ3) is 2.73. The third-order valence-electron chi connectivity index (χ3n) is 1.32. The Labute approximate surface area is 85.4 Å². The molecule has 0 aromatic heterocycles. The van der Waals surface area contributed by atoms with E-state index in [4.69, 9.17) is 17.4 Å². The number of hydrogen-bond donors (Lipinski definition) is 2. The molecule has 1 rings (SSSR count). The number of nitro groups is 1. The maximum atomic E-state index is 10.3. The van der Waals surface area contributed by atoms with Gasteiger partial charge in [-0.3, -0.25) is 16.0 Å². The molecule has 0 saturated heterocycles. The van der Waals surface area contributed by atoms with Crippen molar-refractivity contribution in [1.29, 1.82) is 0 Å². The van der Waals surface area contributed by atoms with E-state index in [1.54, 1.807) is 0 Å². The summed E-state index contributed by atoms with van der Waals surface area (Å²) in [5, 5.41) is 10.6. The Morgan fingerprint density at radius 1 is 1.54 bits per heavy atom. The second kappa shape index (κ2) is 4.86. The van der Waals surface area contributed by atoms with Crippen molar-refractivity contribution in [3.05, 3.63) is 33.3 Å². The monoisotopic (exact) mass is 223 g/mol. The van der Waals surface area contributed by atoms with Crippen LogP contribution in [0.25, 0.3) is 0 Å². The largest absolute Gasteiger partial charge is 0.322 e. The molecular weight excluding hydrogens is 217 g/mol. The zero-order valence-corrected chi connectivity index (χ0v) is 7.93. The maximum Gasteiger partial charge on any atom is 0.271 e. The Kier molecular flexibility index (Phi) is 4.47. The van der Waals surface area contributed by atoms with Gasteiger partial charge in [-0.25, -0.2) is 0 Å². The van der Waals surface area contributed by atoms with Crippen molar-refractivity contribution in [3.63, 3.8) is 0 Å². The average molecular weight is 224 g/mol. The van der Waals surface area contributed by atoms with E-state index in [0.717, 1.165) is 0 Å². The Hall–Kier alpha value is -1.04. The number of nitrogens with one attached hydrogen (secondary N) is 1. The van der Waals surface area contributed by atoms with Gasteiger partial charge in [-0.05, 0) is 6.07 Å². The van der Waals surface area contributed by atoms with Crippen LogP contribution in [0.4, 0.5) is 11.4 Å². The molecule has 0 unspecified atom stereocenters. The molecule has 0 bridgehead atoms. The highest BCUT2D eigenvalue weighted by Crippen LogP contribution is 2.25. The fourth-order valence-corrected chi connectivity index (χ4v) is 0.910. The molecule has 7 heteroatoms. The molecule has 0 aliphatic carbocycles. The van der Waals surface area contributed by atoms with Crippen LogP contribution < -0.4 is 11.3 Å². The quantitative estimate of drug-likeness (QED) is 0.457. The van der Waals surface area contributed by atoms with Crippen molar-refractivity contribution in [1.82, 2.24) is 0 Å². The lowest BCUT2D eigenvalue weighted by Gasteiger charge is -2.01. The molecule has 0 atom stereocenters. The van der Waals surface area contributed by atoms with Crippen molar-refractivity contribution < 1.29 is 4.92 Å². The summed E-state index contributed by atoms with van der Waals surface area (Å²) >= 11 is 5.64. The number of hydrazine groups is 1. The van der Waals surface area contributed by atoms with E-state index in [1.165, 1.54) is 18.2 Å². The van der Waals surface area contributed by atoms with E-state index < -0.39 is 4.92 Å². The first kappa shape index (κ1) is 12.0. The predicted octanol–water partition coefficient (Wildman–Crippen LogP) is 1.96. The van der Waals surface area contributed by atoms with Crippen LogP contribution in [0.3, 0.4) is 0 Å². The van der Waals surface area contributed by atoms with Crippen molar-refractivity contribution in [2.45, 2.75) is 0 Å². The molecule has 0 spiro atoms. The SMILES string of the molecule is Cl.NNc1cc([N+](=O)[O-])ccc1Cl. The molecule has 1 aromatic rings. The summed E-state index contributed by atoms with van der Waals surface area (Å²) in [7, 11) is 0. The molecule has 0 radical (unpaired) electrons. The molecular formula is C6H7Cl2N3O2. The Bertz CT molecular complexity index is 319. The van der Waals surface area contributed by atoms with Gasteiger partial charge in [0, 0.05) is 12.1 Å². The number of anilines is 1. The number of nitrogens with two attached hydrogens (primary N) is 1. The van der Waals surface area contributed by atoms with E-state index >= 15 is 0 Å². The normalized spacial score (nSPS) is 8.77. The lowest BCUT2D eigenvalue weighted by molar-refractivity contribution is -0.384. The van der Waals surface area contributed by atoms with E-state index in [2.05, 4.69) is 5.43 Å². The van der Waals surface area contributed by atoms with E-state index in [0.29, 0.717) is 10.7 Å². The second-order valence-corrected chi connectivity index (χ2v) is 2.47. The zero-order valence-electron chi connectivity index (χ0n) is 6.36. The second-order valence-electron chi connectivity index (χ2n) is 2.07. The standard InChI is InChI=1S/C6H6ClN3O2.ClH/c7-5-2-1-4(10(11)12)3-6(5)9-8;/h1-3,9H,8H2;1H. The van der Waals surface area contributed by atoms with Gasteiger partial charge in [0.1, 0.15) is 0 Å². The first-order chi connectivity index (χ1) is 5.65. The highest BCUT2D eigenvalue weighted by atomic mass is 35.5. The fraction of sp³-hybridized carbons (Fsp3) is 0. The molecule has 0 fully saturated rings. The summed E-state index contributed by atoms with van der Waals surface area (Å²) in [5.74, 6) is 5.06. The summed E-state index contributed by atoms with van der Waals surface area (Å²) in [6.45, 7) is 0. The minimum absolute atomic E-state index is 0. The maximum absolute atomic E-state index is 10.3. The van der Waals surface area contributed by atoms with Crippen LogP contribution in [0.15, 0.2) is 18.2 Å². The number of halogens is 2. The van der Waals surface area contributed by atoms with Gasteiger partial charge in [-0.2, -0.15) is 0 Å². The number of benzene rings is 1. The van der Waals surface area contributed by atoms with Crippen LogP contribution in [0.5, 0.6) is 0 Å². The first-order valence-corrected chi connectivity index (χ1v) is 3.43. The van der Waals surface area contributed by atoms with Gasteiger partial charge in [0.25, 0.3) is 5.69 Å². The van der Waals surface area contributed by atoms with Gasteiger partial charge in [0.05, 0.1) is 15.6 Å². The highest BCUT2D eigenvalue weighted by Gasteiger charge is 2.07. The van der Waals surface area contributed by atoms with Crippen LogP contribution in [-0.2, 0) is 0 Å². The van der Waals surface area contributed by atoms with Crippen molar-refractivity contribution >= 4 is 35.4 Å². The lowest BCUT2D eigenvalue weighted by atomic mass is 10.3. The van der Waals surface area contributed by atoms with E-state index in [9.17, 15) is 10.1 Å². The topological polar surface area (TPSA) is 81.2 Å². The minimum atomic E-state index is -0.517. The number of nitrogen functional groups attached to an aromatic ring is 1.